The van der Waals surface area contributed by atoms with Crippen LogP contribution in [0.1, 0.15) is 42.1 Å². The van der Waals surface area contributed by atoms with E-state index in [1.54, 1.807) is 38.3 Å². The van der Waals surface area contributed by atoms with Crippen LogP contribution in [-0.2, 0) is 11.2 Å². The van der Waals surface area contributed by atoms with E-state index in [2.05, 4.69) is 0 Å². The number of hydrogen-bond donors (Lipinski definition) is 5. The van der Waals surface area contributed by atoms with Crippen molar-refractivity contribution in [3.63, 3.8) is 0 Å². The maximum atomic E-state index is 10.2. The topological polar surface area (TPSA) is 138 Å². The Hall–Kier alpha value is -2.40. The van der Waals surface area contributed by atoms with Gasteiger partial charge in [-0.25, -0.2) is 0 Å². The Labute approximate surface area is 198 Å². The molecule has 1 saturated heterocycles. The highest BCUT2D eigenvalue weighted by atomic mass is 16.7. The fraction of sp³-hybridized carbons (Fsp3) is 0.520. The molecule has 0 aliphatic carbocycles. The third kappa shape index (κ3) is 4.72. The molecule has 4 rings (SSSR count). The maximum Gasteiger partial charge on any atom is 0.229 e. The van der Waals surface area contributed by atoms with E-state index in [4.69, 9.17) is 24.1 Å². The van der Waals surface area contributed by atoms with Crippen molar-refractivity contribution in [1.29, 1.82) is 0 Å². The van der Waals surface area contributed by atoms with E-state index in [1.807, 2.05) is 12.1 Å². The van der Waals surface area contributed by atoms with Gasteiger partial charge in [0.2, 0.25) is 6.29 Å². The average Bonchev–Trinajstić information content (AvgIpc) is 3.23. The highest BCUT2D eigenvalue weighted by Crippen LogP contribution is 2.51. The highest BCUT2D eigenvalue weighted by Gasteiger charge is 2.43. The first-order valence-electron chi connectivity index (χ1n) is 11.4. The number of ether oxygens (including phenoxy) is 4. The molecule has 0 saturated carbocycles. The molecule has 7 unspecified atom stereocenters. The molecule has 2 aliphatic rings. The molecular weight excluding hydrogens is 444 g/mol. The van der Waals surface area contributed by atoms with Gasteiger partial charge in [-0.3, -0.25) is 0 Å². The van der Waals surface area contributed by atoms with Gasteiger partial charge in [-0.05, 0) is 49.1 Å². The number of benzene rings is 2. The van der Waals surface area contributed by atoms with Gasteiger partial charge >= 0.3 is 0 Å². The van der Waals surface area contributed by atoms with E-state index in [9.17, 15) is 20.4 Å². The Kier molecular flexibility index (Phi) is 7.61. The van der Waals surface area contributed by atoms with Gasteiger partial charge in [0.25, 0.3) is 0 Å². The van der Waals surface area contributed by atoms with Crippen molar-refractivity contribution in [2.75, 3.05) is 20.3 Å². The molecule has 0 amide bonds. The highest BCUT2D eigenvalue weighted by molar-refractivity contribution is 5.55. The second-order valence-electron chi connectivity index (χ2n) is 8.74. The van der Waals surface area contributed by atoms with Crippen LogP contribution in [-0.4, -0.2) is 76.6 Å². The quantitative estimate of drug-likeness (QED) is 0.378. The number of rotatable bonds is 8. The number of methoxy groups -OCH3 is 1. The van der Waals surface area contributed by atoms with Crippen LogP contribution >= 0.6 is 0 Å². The van der Waals surface area contributed by atoms with Crippen LogP contribution in [0.5, 0.6) is 17.2 Å². The van der Waals surface area contributed by atoms with E-state index in [1.165, 1.54) is 0 Å². The Bertz CT molecular complexity index is 964. The minimum Gasteiger partial charge on any atom is -0.493 e. The molecule has 1 fully saturated rings. The summed E-state index contributed by atoms with van der Waals surface area (Å²) in [7, 11) is 1.57. The minimum absolute atomic E-state index is 0.0950. The Morgan fingerprint density at radius 3 is 2.35 bits per heavy atom. The summed E-state index contributed by atoms with van der Waals surface area (Å²) in [5, 5.41) is 49.3. The zero-order valence-corrected chi connectivity index (χ0v) is 19.2. The van der Waals surface area contributed by atoms with Gasteiger partial charge in [0.1, 0.15) is 30.2 Å². The standard InChI is InChI=1S/C25H32O9/c1-13-20(28)21(29)22(30)25(32-13)33-16-7-5-15(6-8-16)23-18(12-27)17-10-14(4-3-9-26)11-19(31-2)24(17)34-23/h5-8,10-11,13,18,20-23,25-30H,3-4,9,12H2,1-2H3. The lowest BCUT2D eigenvalue weighted by Gasteiger charge is -2.38. The zero-order chi connectivity index (χ0) is 24.4. The van der Waals surface area contributed by atoms with E-state index < -0.39 is 36.8 Å². The lowest BCUT2D eigenvalue weighted by molar-refractivity contribution is -0.268. The van der Waals surface area contributed by atoms with Crippen molar-refractivity contribution in [3.05, 3.63) is 53.1 Å². The molecule has 2 aromatic carbocycles. The van der Waals surface area contributed by atoms with Crippen LogP contribution in [0, 0.1) is 0 Å². The van der Waals surface area contributed by atoms with Gasteiger partial charge in [-0.15, -0.1) is 0 Å². The second-order valence-corrected chi connectivity index (χ2v) is 8.74. The van der Waals surface area contributed by atoms with Crippen LogP contribution in [0.2, 0.25) is 0 Å². The zero-order valence-electron chi connectivity index (χ0n) is 19.2. The van der Waals surface area contributed by atoms with Crippen molar-refractivity contribution in [1.82, 2.24) is 0 Å². The SMILES string of the molecule is COc1cc(CCCO)cc2c1OC(c1ccc(OC3OC(C)C(O)C(O)C3O)cc1)C2CO. The second kappa shape index (κ2) is 10.5. The van der Waals surface area contributed by atoms with Gasteiger partial charge in [-0.2, -0.15) is 0 Å². The first kappa shape index (κ1) is 24.7. The average molecular weight is 477 g/mol. The number of aryl methyl sites for hydroxylation is 1. The molecule has 5 N–H and O–H groups in total. The molecule has 186 valence electrons. The lowest BCUT2D eigenvalue weighted by atomic mass is 9.90. The summed E-state index contributed by atoms with van der Waals surface area (Å²) in [6.07, 6.45) is -4.92. The van der Waals surface area contributed by atoms with Crippen molar-refractivity contribution >= 4 is 0 Å². The van der Waals surface area contributed by atoms with Gasteiger partial charge in [-0.1, -0.05) is 18.2 Å². The van der Waals surface area contributed by atoms with E-state index >= 15 is 0 Å². The molecule has 2 aliphatic heterocycles. The fourth-order valence-corrected chi connectivity index (χ4v) is 4.51. The van der Waals surface area contributed by atoms with Crippen LogP contribution in [0.3, 0.4) is 0 Å². The lowest BCUT2D eigenvalue weighted by Crippen LogP contribution is -2.58. The largest absolute Gasteiger partial charge is 0.493 e. The molecule has 9 heteroatoms. The van der Waals surface area contributed by atoms with Gasteiger partial charge in [0.15, 0.2) is 11.5 Å². The van der Waals surface area contributed by atoms with Gasteiger partial charge < -0.3 is 44.5 Å². The molecule has 0 radical (unpaired) electrons. The van der Waals surface area contributed by atoms with E-state index in [0.29, 0.717) is 30.1 Å². The van der Waals surface area contributed by atoms with Crippen molar-refractivity contribution in [2.45, 2.75) is 62.5 Å². The Morgan fingerprint density at radius 1 is 0.971 bits per heavy atom. The molecule has 34 heavy (non-hydrogen) atoms. The van der Waals surface area contributed by atoms with Crippen molar-refractivity contribution in [2.24, 2.45) is 0 Å². The molecule has 2 aromatic rings. The first-order chi connectivity index (χ1) is 16.4. The molecule has 9 nitrogen and oxygen atoms in total. The molecule has 0 bridgehead atoms. The summed E-state index contributed by atoms with van der Waals surface area (Å²) >= 11 is 0. The summed E-state index contributed by atoms with van der Waals surface area (Å²) < 4.78 is 22.9. The number of aliphatic hydroxyl groups is 5. The minimum atomic E-state index is -1.40. The summed E-state index contributed by atoms with van der Waals surface area (Å²) in [5.74, 6) is 1.29. The van der Waals surface area contributed by atoms with Crippen molar-refractivity contribution in [3.8, 4) is 17.2 Å². The number of aliphatic hydroxyl groups excluding tert-OH is 5. The smallest absolute Gasteiger partial charge is 0.229 e. The van der Waals surface area contributed by atoms with Crippen LogP contribution in [0.15, 0.2) is 36.4 Å². The third-order valence-electron chi connectivity index (χ3n) is 6.46. The summed E-state index contributed by atoms with van der Waals surface area (Å²) in [6.45, 7) is 1.56. The van der Waals surface area contributed by atoms with E-state index in [-0.39, 0.29) is 19.1 Å². The fourth-order valence-electron chi connectivity index (χ4n) is 4.51. The number of hydrogen-bond acceptors (Lipinski definition) is 9. The van der Waals surface area contributed by atoms with Crippen LogP contribution in [0.4, 0.5) is 0 Å². The Balaban J connectivity index is 1.52. The monoisotopic (exact) mass is 476 g/mol. The predicted octanol–water partition coefficient (Wildman–Crippen LogP) is 1.04. The third-order valence-corrected chi connectivity index (χ3v) is 6.46. The molecule has 7 atom stereocenters. The normalized spacial score (nSPS) is 30.5. The maximum absolute atomic E-state index is 10.2. The summed E-state index contributed by atoms with van der Waals surface area (Å²) in [5.41, 5.74) is 2.68. The van der Waals surface area contributed by atoms with Crippen LogP contribution in [0.25, 0.3) is 0 Å². The number of fused-ring (bicyclic) bond motifs is 1. The molecule has 0 aromatic heterocycles. The van der Waals surface area contributed by atoms with Gasteiger partial charge in [0, 0.05) is 12.2 Å². The van der Waals surface area contributed by atoms with Gasteiger partial charge in [0.05, 0.1) is 25.7 Å². The first-order valence-corrected chi connectivity index (χ1v) is 11.4. The van der Waals surface area contributed by atoms with E-state index in [0.717, 1.165) is 16.7 Å². The van der Waals surface area contributed by atoms with Crippen LogP contribution < -0.4 is 14.2 Å². The molecule has 0 spiro atoms. The molecular formula is C25H32O9. The summed E-state index contributed by atoms with van der Waals surface area (Å²) in [6, 6.07) is 10.9. The predicted molar refractivity (Wildman–Crippen MR) is 121 cm³/mol. The van der Waals surface area contributed by atoms with Crippen molar-refractivity contribution < 1.29 is 44.5 Å². The Morgan fingerprint density at radius 2 is 1.71 bits per heavy atom. The summed E-state index contributed by atoms with van der Waals surface area (Å²) in [4.78, 5) is 0. The molecule has 2 heterocycles.